The number of aromatic nitrogens is 6. The number of rotatable bonds is 13. The highest BCUT2D eigenvalue weighted by molar-refractivity contribution is 6.28. The summed E-state index contributed by atoms with van der Waals surface area (Å²) < 4.78 is 22.0. The smallest absolute Gasteiger partial charge is 0.407 e. The van der Waals surface area contributed by atoms with E-state index in [1.807, 2.05) is 109 Å². The summed E-state index contributed by atoms with van der Waals surface area (Å²) in [6, 6.07) is 16.0. The Hall–Kier alpha value is -7.61. The fourth-order valence-electron chi connectivity index (χ4n) is 8.50. The Morgan fingerprint density at radius 3 is 1.66 bits per heavy atom. The molecule has 0 atom stereocenters. The second kappa shape index (κ2) is 28.5. The van der Waals surface area contributed by atoms with Crippen molar-refractivity contribution >= 4 is 53.6 Å². The van der Waals surface area contributed by atoms with Crippen LogP contribution in [0.1, 0.15) is 121 Å². The van der Waals surface area contributed by atoms with Crippen molar-refractivity contribution in [3.05, 3.63) is 113 Å². The van der Waals surface area contributed by atoms with E-state index in [4.69, 9.17) is 42.0 Å². The number of benzene rings is 2. The quantitative estimate of drug-likeness (QED) is 0.0317. The largest absolute Gasteiger partial charge is 0.469 e. The number of nitrogens with zero attached hydrogens (tertiary/aromatic N) is 7. The standard InChI is InChI=1S/C28H38N6O4.C17H20ClN3O2.C11H17N3O2/c1-18-14-20(6-7-21(18)16-32-27(36)38-28(2,3)4)24-12-13-30-26(34-24)33-23(15-29)17-31-22-10-8-19(9-11-22)25(35)37-5;1-11-9-12(14-7-8-19-15(18)21-14)5-6-13(11)10-20-16(22)23-17(2,3)4;1-16-11(15)8-2-4-10(5-3-8)14-7-9(12)6-13-14/h6-7,12-15,17,19,22H,8-11,16,29H2,1-5H3,(H,32,36)(H,30,33,34);5-9H,10H2,1-4H3,(H,20,22);6-8,10H,2-5,12H2,1H3. The van der Waals surface area contributed by atoms with Crippen molar-refractivity contribution in [2.45, 2.75) is 143 Å². The molecular formula is C56H75ClN12O8. The summed E-state index contributed by atoms with van der Waals surface area (Å²) in [5.41, 5.74) is 19.1. The zero-order chi connectivity index (χ0) is 56.3. The van der Waals surface area contributed by atoms with Crippen LogP contribution in [0.25, 0.3) is 22.5 Å². The van der Waals surface area contributed by atoms with Crippen LogP contribution in [-0.2, 0) is 41.6 Å². The Morgan fingerprint density at radius 1 is 0.727 bits per heavy atom. The van der Waals surface area contributed by atoms with E-state index in [1.54, 1.807) is 30.9 Å². The van der Waals surface area contributed by atoms with E-state index in [1.165, 1.54) is 20.4 Å². The Morgan fingerprint density at radius 2 is 1.22 bits per heavy atom. The number of carbonyl (C=O) groups is 4. The number of esters is 2. The van der Waals surface area contributed by atoms with Gasteiger partial charge in [0.2, 0.25) is 11.2 Å². The average molecular weight is 1080 g/mol. The van der Waals surface area contributed by atoms with Crippen molar-refractivity contribution < 1.29 is 38.1 Å². The van der Waals surface area contributed by atoms with Crippen LogP contribution in [0.2, 0.25) is 5.28 Å². The molecular weight excluding hydrogens is 1000 g/mol. The van der Waals surface area contributed by atoms with Gasteiger partial charge in [-0.05, 0) is 165 Å². The lowest BCUT2D eigenvalue weighted by Crippen LogP contribution is -2.32. The van der Waals surface area contributed by atoms with Gasteiger partial charge in [0.15, 0.2) is 0 Å². The summed E-state index contributed by atoms with van der Waals surface area (Å²) in [6.45, 7) is 15.7. The average Bonchev–Trinajstić information content (AvgIpc) is 3.84. The fraction of sp³-hybridized carbons (Fsp3) is 0.464. The minimum Gasteiger partial charge on any atom is -0.469 e. The van der Waals surface area contributed by atoms with Crippen LogP contribution in [0, 0.1) is 25.7 Å². The van der Waals surface area contributed by atoms with E-state index in [9.17, 15) is 19.2 Å². The van der Waals surface area contributed by atoms with E-state index >= 15 is 0 Å². The number of nitrogens with two attached hydrogens (primary N) is 2. The number of ether oxygens (including phenoxy) is 4. The molecule has 3 aromatic heterocycles. The van der Waals surface area contributed by atoms with Crippen LogP contribution in [0.4, 0.5) is 21.2 Å². The number of aliphatic imine (C=N–C) groups is 1. The monoisotopic (exact) mass is 1080 g/mol. The first-order chi connectivity index (χ1) is 36.5. The molecule has 0 spiro atoms. The van der Waals surface area contributed by atoms with Gasteiger partial charge >= 0.3 is 24.1 Å². The molecule has 0 aliphatic heterocycles. The third kappa shape index (κ3) is 20.1. The van der Waals surface area contributed by atoms with E-state index < -0.39 is 23.4 Å². The SMILES string of the molecule is COC(=O)C1CCC(N=CC(=CN)Nc2nccc(-c3ccc(CNC(=O)OC(C)(C)C)c(C)c3)n2)CC1.COC(=O)C1CCC(n2cc(N)cn2)CC1.Cc1cc(-c2ccnc(Cl)n2)ccc1CNC(=O)OC(C)(C)C. The number of hydrogen-bond acceptors (Lipinski definition) is 17. The van der Waals surface area contributed by atoms with E-state index in [2.05, 4.69) is 46.0 Å². The van der Waals surface area contributed by atoms with E-state index in [0.29, 0.717) is 36.5 Å². The first-order valence-corrected chi connectivity index (χ1v) is 26.0. The summed E-state index contributed by atoms with van der Waals surface area (Å²) in [7, 11) is 2.87. The van der Waals surface area contributed by atoms with Crippen LogP contribution in [0.3, 0.4) is 0 Å². The van der Waals surface area contributed by atoms with Crippen molar-refractivity contribution in [1.82, 2.24) is 40.3 Å². The van der Waals surface area contributed by atoms with Gasteiger partial charge in [0.25, 0.3) is 0 Å². The van der Waals surface area contributed by atoms with Gasteiger partial charge in [0.1, 0.15) is 11.2 Å². The summed E-state index contributed by atoms with van der Waals surface area (Å²) in [4.78, 5) is 68.4. The lowest BCUT2D eigenvalue weighted by molar-refractivity contribution is -0.147. The molecule has 414 valence electrons. The number of amides is 2. The highest BCUT2D eigenvalue weighted by Gasteiger charge is 2.29. The number of anilines is 2. The maximum absolute atomic E-state index is 12.0. The number of alkyl carbamates (subject to hydrolysis) is 2. The molecule has 2 amide bonds. The van der Waals surface area contributed by atoms with Gasteiger partial charge in [-0.15, -0.1) is 0 Å². The fourth-order valence-corrected chi connectivity index (χ4v) is 8.65. The minimum atomic E-state index is -0.544. The molecule has 21 heteroatoms. The molecule has 20 nitrogen and oxygen atoms in total. The van der Waals surface area contributed by atoms with Crippen LogP contribution in [-0.4, -0.2) is 91.5 Å². The Labute approximate surface area is 456 Å². The molecule has 2 aromatic carbocycles. The predicted molar refractivity (Wildman–Crippen MR) is 297 cm³/mol. The summed E-state index contributed by atoms with van der Waals surface area (Å²) >= 11 is 5.82. The second-order valence-corrected chi connectivity index (χ2v) is 21.1. The first-order valence-electron chi connectivity index (χ1n) is 25.7. The molecule has 0 saturated heterocycles. The third-order valence-electron chi connectivity index (χ3n) is 12.5. The van der Waals surface area contributed by atoms with Gasteiger partial charge < -0.3 is 46.4 Å². The molecule has 0 bridgehead atoms. The number of nitrogens with one attached hydrogen (secondary N) is 3. The van der Waals surface area contributed by atoms with Crippen molar-refractivity contribution in [3.8, 4) is 22.5 Å². The van der Waals surface area contributed by atoms with Gasteiger partial charge in [-0.3, -0.25) is 19.3 Å². The Balaban J connectivity index is 0.000000236. The van der Waals surface area contributed by atoms with Crippen molar-refractivity contribution in [2.24, 2.45) is 22.6 Å². The van der Waals surface area contributed by atoms with Crippen LogP contribution in [0.5, 0.6) is 0 Å². The number of methoxy groups -OCH3 is 2. The predicted octanol–water partition coefficient (Wildman–Crippen LogP) is 9.99. The topological polar surface area (TPSA) is 275 Å². The van der Waals surface area contributed by atoms with Crippen LogP contribution < -0.4 is 27.4 Å². The zero-order valence-electron chi connectivity index (χ0n) is 45.9. The van der Waals surface area contributed by atoms with Gasteiger partial charge in [-0.2, -0.15) is 5.10 Å². The number of halogens is 1. The third-order valence-corrected chi connectivity index (χ3v) is 12.7. The van der Waals surface area contributed by atoms with Gasteiger partial charge in [-0.25, -0.2) is 29.5 Å². The van der Waals surface area contributed by atoms with Crippen molar-refractivity contribution in [2.75, 3.05) is 25.3 Å². The first kappa shape index (κ1) is 60.3. The van der Waals surface area contributed by atoms with Gasteiger partial charge in [0, 0.05) is 55.2 Å². The zero-order valence-corrected chi connectivity index (χ0v) is 46.6. The number of aryl methyl sites for hydroxylation is 2. The van der Waals surface area contributed by atoms with Crippen molar-refractivity contribution in [3.63, 3.8) is 0 Å². The molecule has 7 rings (SSSR count). The molecule has 3 heterocycles. The Kier molecular flexibility index (Phi) is 22.3. The highest BCUT2D eigenvalue weighted by Crippen LogP contribution is 2.33. The number of carbonyl (C=O) groups excluding carboxylic acids is 4. The summed E-state index contributed by atoms with van der Waals surface area (Å²) in [5, 5.41) is 13.1. The lowest BCUT2D eigenvalue weighted by atomic mass is 9.86. The second-order valence-electron chi connectivity index (χ2n) is 20.8. The number of allylic oxidation sites excluding steroid dienone is 1. The highest BCUT2D eigenvalue weighted by atomic mass is 35.5. The van der Waals surface area contributed by atoms with Gasteiger partial charge in [0.05, 0.1) is 67.1 Å². The number of hydrogen-bond donors (Lipinski definition) is 5. The van der Waals surface area contributed by atoms with Crippen LogP contribution >= 0.6 is 11.6 Å². The maximum Gasteiger partial charge on any atom is 0.407 e. The molecule has 7 N–H and O–H groups in total. The molecule has 0 unspecified atom stereocenters. The van der Waals surface area contributed by atoms with Crippen molar-refractivity contribution in [1.29, 1.82) is 0 Å². The molecule has 2 fully saturated rings. The summed E-state index contributed by atoms with van der Waals surface area (Å²) in [6.07, 6.45) is 15.9. The van der Waals surface area contributed by atoms with Crippen LogP contribution in [0.15, 0.2) is 90.2 Å². The van der Waals surface area contributed by atoms with E-state index in [-0.39, 0.29) is 35.1 Å². The lowest BCUT2D eigenvalue weighted by Gasteiger charge is -2.26. The van der Waals surface area contributed by atoms with Gasteiger partial charge in [-0.1, -0.05) is 24.3 Å². The van der Waals surface area contributed by atoms with E-state index in [0.717, 1.165) is 96.1 Å². The molecule has 2 aliphatic carbocycles. The Bertz CT molecular complexity index is 2830. The molecule has 2 aliphatic rings. The molecule has 77 heavy (non-hydrogen) atoms. The minimum absolute atomic E-state index is 0.0378. The number of nitrogen functional groups attached to an aromatic ring is 1. The summed E-state index contributed by atoms with van der Waals surface area (Å²) in [5.74, 6) is 0.195. The molecule has 5 aromatic rings. The molecule has 2 saturated carbocycles. The normalized spacial score (nSPS) is 17.6. The molecule has 0 radical (unpaired) electrons. The maximum atomic E-state index is 12.0.